The van der Waals surface area contributed by atoms with Crippen LogP contribution in [0.1, 0.15) is 46.0 Å². The SMILES string of the molecule is CCCC1CCC(NCC)C(Oc2ccccc2)C1. The molecule has 106 valence electrons. The molecule has 1 saturated carbocycles. The fourth-order valence-electron chi connectivity index (χ4n) is 3.18. The van der Waals surface area contributed by atoms with Gasteiger partial charge < -0.3 is 10.1 Å². The van der Waals surface area contributed by atoms with Crippen molar-refractivity contribution >= 4 is 0 Å². The number of likely N-dealkylation sites (N-methyl/N-ethyl adjacent to an activating group) is 1. The van der Waals surface area contributed by atoms with Crippen LogP contribution in [0.2, 0.25) is 0 Å². The van der Waals surface area contributed by atoms with E-state index in [1.54, 1.807) is 0 Å². The van der Waals surface area contributed by atoms with Gasteiger partial charge in [0.05, 0.1) is 0 Å². The molecule has 0 saturated heterocycles. The molecule has 0 aromatic heterocycles. The number of benzene rings is 1. The molecule has 3 unspecified atom stereocenters. The van der Waals surface area contributed by atoms with Gasteiger partial charge in [0.1, 0.15) is 11.9 Å². The molecular formula is C17H27NO. The van der Waals surface area contributed by atoms with E-state index in [4.69, 9.17) is 4.74 Å². The van der Waals surface area contributed by atoms with Crippen molar-refractivity contribution in [1.82, 2.24) is 5.32 Å². The van der Waals surface area contributed by atoms with E-state index in [0.29, 0.717) is 12.1 Å². The van der Waals surface area contributed by atoms with Gasteiger partial charge in [-0.1, -0.05) is 44.9 Å². The van der Waals surface area contributed by atoms with E-state index in [9.17, 15) is 0 Å². The maximum Gasteiger partial charge on any atom is 0.119 e. The lowest BCUT2D eigenvalue weighted by molar-refractivity contribution is 0.0840. The number of nitrogens with one attached hydrogen (secondary N) is 1. The predicted molar refractivity (Wildman–Crippen MR) is 80.6 cm³/mol. The van der Waals surface area contributed by atoms with Crippen LogP contribution in [0, 0.1) is 5.92 Å². The molecule has 0 heterocycles. The van der Waals surface area contributed by atoms with Gasteiger partial charge in [0.2, 0.25) is 0 Å². The summed E-state index contributed by atoms with van der Waals surface area (Å²) in [5, 5.41) is 3.59. The van der Waals surface area contributed by atoms with E-state index in [2.05, 4.69) is 31.3 Å². The normalized spacial score (nSPS) is 27.2. The summed E-state index contributed by atoms with van der Waals surface area (Å²) in [6.45, 7) is 5.49. The molecule has 2 heteroatoms. The topological polar surface area (TPSA) is 21.3 Å². The lowest BCUT2D eigenvalue weighted by atomic mass is 9.81. The van der Waals surface area contributed by atoms with Gasteiger partial charge >= 0.3 is 0 Å². The van der Waals surface area contributed by atoms with E-state index in [1.807, 2.05) is 18.2 Å². The van der Waals surface area contributed by atoms with Gasteiger partial charge in [-0.2, -0.15) is 0 Å². The van der Waals surface area contributed by atoms with Gasteiger partial charge in [-0.15, -0.1) is 0 Å². The van der Waals surface area contributed by atoms with E-state index in [-0.39, 0.29) is 0 Å². The minimum atomic E-state index is 0.327. The molecule has 3 atom stereocenters. The Bertz CT molecular complexity index is 352. The largest absolute Gasteiger partial charge is 0.489 e. The average molecular weight is 261 g/mol. The fourth-order valence-corrected chi connectivity index (χ4v) is 3.18. The van der Waals surface area contributed by atoms with Crippen LogP contribution >= 0.6 is 0 Å². The molecule has 1 aliphatic rings. The van der Waals surface area contributed by atoms with Crippen LogP contribution in [0.4, 0.5) is 0 Å². The smallest absolute Gasteiger partial charge is 0.119 e. The van der Waals surface area contributed by atoms with Gasteiger partial charge in [-0.05, 0) is 43.9 Å². The van der Waals surface area contributed by atoms with Gasteiger partial charge in [0.15, 0.2) is 0 Å². The lowest BCUT2D eigenvalue weighted by Gasteiger charge is -2.36. The third kappa shape index (κ3) is 4.24. The third-order valence-corrected chi connectivity index (χ3v) is 4.09. The maximum absolute atomic E-state index is 6.23. The van der Waals surface area contributed by atoms with Crippen molar-refractivity contribution in [3.8, 4) is 5.75 Å². The first-order valence-corrected chi connectivity index (χ1v) is 7.78. The molecule has 2 nitrogen and oxygen atoms in total. The Morgan fingerprint density at radius 2 is 1.95 bits per heavy atom. The Labute approximate surface area is 117 Å². The molecular weight excluding hydrogens is 234 g/mol. The first kappa shape index (κ1) is 14.4. The number of hydrogen-bond acceptors (Lipinski definition) is 2. The molecule has 2 rings (SSSR count). The van der Waals surface area contributed by atoms with E-state index >= 15 is 0 Å². The highest BCUT2D eigenvalue weighted by Crippen LogP contribution is 2.30. The van der Waals surface area contributed by atoms with Crippen molar-refractivity contribution in [3.05, 3.63) is 30.3 Å². The minimum absolute atomic E-state index is 0.327. The molecule has 1 aromatic carbocycles. The number of hydrogen-bond donors (Lipinski definition) is 1. The van der Waals surface area contributed by atoms with Crippen LogP contribution in [0.3, 0.4) is 0 Å². The highest BCUT2D eigenvalue weighted by molar-refractivity contribution is 5.21. The summed E-state index contributed by atoms with van der Waals surface area (Å²) in [6, 6.07) is 10.8. The third-order valence-electron chi connectivity index (χ3n) is 4.09. The summed E-state index contributed by atoms with van der Waals surface area (Å²) in [5.41, 5.74) is 0. The summed E-state index contributed by atoms with van der Waals surface area (Å²) in [4.78, 5) is 0. The summed E-state index contributed by atoms with van der Waals surface area (Å²) >= 11 is 0. The second-order valence-electron chi connectivity index (χ2n) is 5.60. The molecule has 0 radical (unpaired) electrons. The molecule has 1 N–H and O–H groups in total. The molecule has 1 aromatic rings. The highest BCUT2D eigenvalue weighted by atomic mass is 16.5. The Kier molecular flexibility index (Phi) is 5.71. The highest BCUT2D eigenvalue weighted by Gasteiger charge is 2.31. The summed E-state index contributed by atoms with van der Waals surface area (Å²) < 4.78 is 6.23. The van der Waals surface area contributed by atoms with Crippen molar-refractivity contribution in [1.29, 1.82) is 0 Å². The van der Waals surface area contributed by atoms with Crippen molar-refractivity contribution < 1.29 is 4.74 Å². The van der Waals surface area contributed by atoms with Crippen LogP contribution in [-0.4, -0.2) is 18.7 Å². The minimum Gasteiger partial charge on any atom is -0.489 e. The first-order valence-electron chi connectivity index (χ1n) is 7.78. The predicted octanol–water partition coefficient (Wildman–Crippen LogP) is 4.01. The Hall–Kier alpha value is -1.02. The van der Waals surface area contributed by atoms with Crippen LogP contribution in [0.25, 0.3) is 0 Å². The molecule has 1 fully saturated rings. The van der Waals surface area contributed by atoms with E-state index < -0.39 is 0 Å². The monoisotopic (exact) mass is 261 g/mol. The fraction of sp³-hybridized carbons (Fsp3) is 0.647. The molecule has 19 heavy (non-hydrogen) atoms. The van der Waals surface area contributed by atoms with E-state index in [1.165, 1.54) is 32.1 Å². The Morgan fingerprint density at radius 1 is 1.16 bits per heavy atom. The molecule has 0 bridgehead atoms. The van der Waals surface area contributed by atoms with Crippen LogP contribution < -0.4 is 10.1 Å². The summed E-state index contributed by atoms with van der Waals surface area (Å²) in [6.07, 6.45) is 6.74. The second-order valence-corrected chi connectivity index (χ2v) is 5.60. The molecule has 0 aliphatic heterocycles. The second kappa shape index (κ2) is 7.54. The van der Waals surface area contributed by atoms with Crippen molar-refractivity contribution in [2.75, 3.05) is 6.54 Å². The van der Waals surface area contributed by atoms with Crippen LogP contribution in [0.5, 0.6) is 5.75 Å². The quantitative estimate of drug-likeness (QED) is 0.835. The van der Waals surface area contributed by atoms with Gasteiger partial charge in [-0.3, -0.25) is 0 Å². The number of rotatable bonds is 6. The number of para-hydroxylation sites is 1. The zero-order valence-electron chi connectivity index (χ0n) is 12.3. The zero-order chi connectivity index (χ0) is 13.5. The molecule has 0 spiro atoms. The van der Waals surface area contributed by atoms with Gasteiger partial charge in [0, 0.05) is 6.04 Å². The summed E-state index contributed by atoms with van der Waals surface area (Å²) in [7, 11) is 0. The van der Waals surface area contributed by atoms with Crippen LogP contribution in [0.15, 0.2) is 30.3 Å². The Balaban J connectivity index is 1.98. The van der Waals surface area contributed by atoms with Gasteiger partial charge in [0.25, 0.3) is 0 Å². The van der Waals surface area contributed by atoms with Crippen molar-refractivity contribution in [3.63, 3.8) is 0 Å². The lowest BCUT2D eigenvalue weighted by Crippen LogP contribution is -2.47. The van der Waals surface area contributed by atoms with Crippen LogP contribution in [-0.2, 0) is 0 Å². The first-order chi connectivity index (χ1) is 9.33. The zero-order valence-corrected chi connectivity index (χ0v) is 12.3. The molecule has 0 amide bonds. The molecule has 1 aliphatic carbocycles. The summed E-state index contributed by atoms with van der Waals surface area (Å²) in [5.74, 6) is 1.85. The standard InChI is InChI=1S/C17H27NO/c1-3-8-14-11-12-16(18-4-2)17(13-14)19-15-9-6-5-7-10-15/h5-7,9-10,14,16-18H,3-4,8,11-13H2,1-2H3. The van der Waals surface area contributed by atoms with Crippen molar-refractivity contribution in [2.24, 2.45) is 5.92 Å². The van der Waals surface area contributed by atoms with Crippen molar-refractivity contribution in [2.45, 2.75) is 58.1 Å². The number of ether oxygens (including phenoxy) is 1. The Morgan fingerprint density at radius 3 is 2.63 bits per heavy atom. The van der Waals surface area contributed by atoms with E-state index in [0.717, 1.165) is 18.2 Å². The van der Waals surface area contributed by atoms with Gasteiger partial charge in [-0.25, -0.2) is 0 Å². The maximum atomic E-state index is 6.23. The average Bonchev–Trinajstić information content (AvgIpc) is 2.43.